The van der Waals surface area contributed by atoms with Crippen LogP contribution in [0.2, 0.25) is 0 Å². The van der Waals surface area contributed by atoms with Gasteiger partial charge in [0, 0.05) is 12.1 Å². The molecule has 4 nitrogen and oxygen atoms in total. The third-order valence-electron chi connectivity index (χ3n) is 3.39. The Morgan fingerprint density at radius 3 is 2.74 bits per heavy atom. The lowest BCUT2D eigenvalue weighted by molar-refractivity contribution is -0.122. The molecule has 1 aliphatic rings. The molecule has 0 radical (unpaired) electrons. The summed E-state index contributed by atoms with van der Waals surface area (Å²) in [5.41, 5.74) is 7.60. The second kappa shape index (κ2) is 6.48. The zero-order chi connectivity index (χ0) is 13.7. The number of rotatable bonds is 5. The lowest BCUT2D eigenvalue weighted by Gasteiger charge is -2.24. The van der Waals surface area contributed by atoms with Crippen molar-refractivity contribution in [2.75, 3.05) is 11.6 Å². The summed E-state index contributed by atoms with van der Waals surface area (Å²) in [6.07, 6.45) is 5.72. The van der Waals surface area contributed by atoms with Crippen LogP contribution in [-0.4, -0.2) is 18.7 Å². The number of hydrogen-bond donors (Lipinski definition) is 1. The highest BCUT2D eigenvalue weighted by Gasteiger charge is 2.24. The summed E-state index contributed by atoms with van der Waals surface area (Å²) in [6, 6.07) is 8.05. The van der Waals surface area contributed by atoms with Crippen LogP contribution in [0.25, 0.3) is 0 Å². The monoisotopic (exact) mass is 259 g/mol. The molecule has 19 heavy (non-hydrogen) atoms. The van der Waals surface area contributed by atoms with Crippen molar-refractivity contribution in [3.63, 3.8) is 0 Å². The standard InChI is InChI=1S/C15H21N3O/c1-12-9-11-17-18(15(12)19)14-7-5-13(6-8-14)4-2-3-10-16/h5-8,11-12H,2-4,9-10,16H2,1H3. The van der Waals surface area contributed by atoms with Gasteiger partial charge in [-0.3, -0.25) is 4.79 Å². The Morgan fingerprint density at radius 1 is 1.32 bits per heavy atom. The normalized spacial score (nSPS) is 18.9. The van der Waals surface area contributed by atoms with Gasteiger partial charge in [-0.15, -0.1) is 0 Å². The van der Waals surface area contributed by atoms with Crippen molar-refractivity contribution in [1.82, 2.24) is 0 Å². The highest BCUT2D eigenvalue weighted by atomic mass is 16.2. The summed E-state index contributed by atoms with van der Waals surface area (Å²) in [5, 5.41) is 5.68. The van der Waals surface area contributed by atoms with E-state index in [0.717, 1.165) is 37.9 Å². The molecule has 2 rings (SSSR count). The molecule has 0 bridgehead atoms. The van der Waals surface area contributed by atoms with E-state index in [-0.39, 0.29) is 11.8 Å². The lowest BCUT2D eigenvalue weighted by Crippen LogP contribution is -2.34. The number of anilines is 1. The van der Waals surface area contributed by atoms with Crippen LogP contribution in [0, 0.1) is 5.92 Å². The first-order valence-electron chi connectivity index (χ1n) is 6.88. The SMILES string of the molecule is CC1CC=NN(c2ccc(CCCCN)cc2)C1=O. The van der Waals surface area contributed by atoms with Crippen LogP contribution in [0.5, 0.6) is 0 Å². The molecule has 0 aliphatic carbocycles. The van der Waals surface area contributed by atoms with E-state index in [1.54, 1.807) is 6.21 Å². The molecule has 1 heterocycles. The van der Waals surface area contributed by atoms with Gasteiger partial charge in [0.05, 0.1) is 5.69 Å². The first-order chi connectivity index (χ1) is 9.22. The van der Waals surface area contributed by atoms with Crippen LogP contribution in [0.3, 0.4) is 0 Å². The first kappa shape index (κ1) is 13.7. The summed E-state index contributed by atoms with van der Waals surface area (Å²) < 4.78 is 0. The number of carbonyl (C=O) groups excluding carboxylic acids is 1. The minimum Gasteiger partial charge on any atom is -0.330 e. The fraction of sp³-hybridized carbons (Fsp3) is 0.467. The number of nitrogens with two attached hydrogens (primary N) is 1. The molecule has 0 fully saturated rings. The Hall–Kier alpha value is -1.68. The van der Waals surface area contributed by atoms with Gasteiger partial charge in [-0.2, -0.15) is 5.10 Å². The number of aryl methyl sites for hydroxylation is 1. The summed E-state index contributed by atoms with van der Waals surface area (Å²) in [6.45, 7) is 2.68. The smallest absolute Gasteiger partial charge is 0.250 e. The van der Waals surface area contributed by atoms with Crippen LogP contribution in [-0.2, 0) is 11.2 Å². The first-order valence-corrected chi connectivity index (χ1v) is 6.88. The van der Waals surface area contributed by atoms with Gasteiger partial charge in [0.1, 0.15) is 0 Å². The quantitative estimate of drug-likeness (QED) is 0.825. The molecular formula is C15H21N3O. The molecule has 0 saturated carbocycles. The van der Waals surface area contributed by atoms with E-state index >= 15 is 0 Å². The van der Waals surface area contributed by atoms with Crippen molar-refractivity contribution in [3.05, 3.63) is 29.8 Å². The van der Waals surface area contributed by atoms with Crippen molar-refractivity contribution in [1.29, 1.82) is 0 Å². The molecule has 1 atom stereocenters. The molecule has 1 unspecified atom stereocenters. The maximum Gasteiger partial charge on any atom is 0.250 e. The van der Waals surface area contributed by atoms with E-state index in [1.165, 1.54) is 10.6 Å². The third-order valence-corrected chi connectivity index (χ3v) is 3.39. The number of benzene rings is 1. The molecule has 0 saturated heterocycles. The highest BCUT2D eigenvalue weighted by Crippen LogP contribution is 2.22. The summed E-state index contributed by atoms with van der Waals surface area (Å²) >= 11 is 0. The predicted octanol–water partition coefficient (Wildman–Crippen LogP) is 2.33. The number of nitrogens with zero attached hydrogens (tertiary/aromatic N) is 2. The molecule has 0 spiro atoms. The number of amides is 1. The minimum absolute atomic E-state index is 0.0155. The van der Waals surface area contributed by atoms with E-state index < -0.39 is 0 Å². The van der Waals surface area contributed by atoms with Crippen LogP contribution in [0.15, 0.2) is 29.4 Å². The average molecular weight is 259 g/mol. The zero-order valence-electron chi connectivity index (χ0n) is 11.4. The highest BCUT2D eigenvalue weighted by molar-refractivity contribution is 5.98. The van der Waals surface area contributed by atoms with Crippen molar-refractivity contribution in [2.45, 2.75) is 32.6 Å². The molecule has 1 aliphatic heterocycles. The Balaban J connectivity index is 2.03. The molecule has 1 amide bonds. The molecule has 102 valence electrons. The van der Waals surface area contributed by atoms with Gasteiger partial charge >= 0.3 is 0 Å². The topological polar surface area (TPSA) is 58.7 Å². The Kier molecular flexibility index (Phi) is 4.68. The maximum absolute atomic E-state index is 12.0. The van der Waals surface area contributed by atoms with Crippen molar-refractivity contribution >= 4 is 17.8 Å². The third kappa shape index (κ3) is 3.41. The fourth-order valence-electron chi connectivity index (χ4n) is 2.12. The van der Waals surface area contributed by atoms with E-state index in [0.29, 0.717) is 0 Å². The Morgan fingerprint density at radius 2 is 2.05 bits per heavy atom. The Bertz CT molecular complexity index is 453. The number of hydrogen-bond acceptors (Lipinski definition) is 3. The second-order valence-electron chi connectivity index (χ2n) is 5.00. The van der Waals surface area contributed by atoms with Gasteiger partial charge in [0.25, 0.3) is 5.91 Å². The van der Waals surface area contributed by atoms with E-state index in [1.807, 2.05) is 19.1 Å². The number of carbonyl (C=O) groups is 1. The van der Waals surface area contributed by atoms with Gasteiger partial charge in [-0.1, -0.05) is 19.1 Å². The lowest BCUT2D eigenvalue weighted by atomic mass is 10.1. The van der Waals surface area contributed by atoms with E-state index in [9.17, 15) is 4.79 Å². The van der Waals surface area contributed by atoms with Crippen molar-refractivity contribution < 1.29 is 4.79 Å². The largest absolute Gasteiger partial charge is 0.330 e. The summed E-state index contributed by atoms with van der Waals surface area (Å²) in [5.74, 6) is 0.0834. The summed E-state index contributed by atoms with van der Waals surface area (Å²) in [7, 11) is 0. The van der Waals surface area contributed by atoms with E-state index in [4.69, 9.17) is 5.73 Å². The fourth-order valence-corrected chi connectivity index (χ4v) is 2.12. The van der Waals surface area contributed by atoms with Crippen molar-refractivity contribution in [3.8, 4) is 0 Å². The zero-order valence-corrected chi connectivity index (χ0v) is 11.4. The second-order valence-corrected chi connectivity index (χ2v) is 5.00. The van der Waals surface area contributed by atoms with Gasteiger partial charge < -0.3 is 5.73 Å². The number of unbranched alkanes of at least 4 members (excludes halogenated alkanes) is 1. The molecule has 0 aromatic heterocycles. The molecule has 4 heteroatoms. The van der Waals surface area contributed by atoms with Crippen LogP contribution < -0.4 is 10.7 Å². The predicted molar refractivity (Wildman–Crippen MR) is 78.2 cm³/mol. The van der Waals surface area contributed by atoms with Gasteiger partial charge in [0.2, 0.25) is 0 Å². The Labute approximate surface area is 114 Å². The van der Waals surface area contributed by atoms with Crippen LogP contribution in [0.4, 0.5) is 5.69 Å². The van der Waals surface area contributed by atoms with Gasteiger partial charge in [-0.05, 0) is 49.9 Å². The number of hydrazone groups is 1. The molecule has 1 aromatic carbocycles. The van der Waals surface area contributed by atoms with Crippen LogP contribution in [0.1, 0.15) is 31.7 Å². The summed E-state index contributed by atoms with van der Waals surface area (Å²) in [4.78, 5) is 12.0. The molecule has 1 aromatic rings. The van der Waals surface area contributed by atoms with Crippen LogP contribution >= 0.6 is 0 Å². The van der Waals surface area contributed by atoms with Crippen molar-refractivity contribution in [2.24, 2.45) is 16.8 Å². The van der Waals surface area contributed by atoms with E-state index in [2.05, 4.69) is 17.2 Å². The van der Waals surface area contributed by atoms with Gasteiger partial charge in [-0.25, -0.2) is 5.01 Å². The molecular weight excluding hydrogens is 238 g/mol. The van der Waals surface area contributed by atoms with Gasteiger partial charge in [0.15, 0.2) is 0 Å². The average Bonchev–Trinajstić information content (AvgIpc) is 2.43. The minimum atomic E-state index is 0.0155. The molecule has 2 N–H and O–H groups in total. The maximum atomic E-state index is 12.0.